The maximum Gasteiger partial charge on any atom is 0.165 e. The zero-order valence-corrected chi connectivity index (χ0v) is 16.2. The van der Waals surface area contributed by atoms with Crippen LogP contribution in [-0.4, -0.2) is 33.1 Å². The third-order valence-corrected chi connectivity index (χ3v) is 6.21. The lowest BCUT2D eigenvalue weighted by atomic mass is 10.1. The lowest BCUT2D eigenvalue weighted by molar-refractivity contribution is 0.477. The Hall–Kier alpha value is -2.73. The summed E-state index contributed by atoms with van der Waals surface area (Å²) in [5.41, 5.74) is 3.80. The molecule has 136 valence electrons. The number of aromatic hydroxyl groups is 1. The lowest BCUT2D eigenvalue weighted by Gasteiger charge is -2.18. The van der Waals surface area contributed by atoms with Crippen molar-refractivity contribution in [2.24, 2.45) is 0 Å². The van der Waals surface area contributed by atoms with Crippen LogP contribution in [-0.2, 0) is 0 Å². The minimum Gasteiger partial charge on any atom is -0.507 e. The molecule has 1 N–H and O–H groups in total. The maximum absolute atomic E-state index is 10.3. The summed E-state index contributed by atoms with van der Waals surface area (Å²) < 4.78 is 1.09. The van der Waals surface area contributed by atoms with E-state index in [0.29, 0.717) is 11.4 Å². The van der Waals surface area contributed by atoms with E-state index >= 15 is 0 Å². The number of thiophene rings is 1. The van der Waals surface area contributed by atoms with Crippen LogP contribution < -0.4 is 4.90 Å². The van der Waals surface area contributed by atoms with Crippen LogP contribution >= 0.6 is 11.3 Å². The topological polar surface area (TPSA) is 62.1 Å². The fourth-order valence-corrected chi connectivity index (χ4v) is 5.14. The van der Waals surface area contributed by atoms with Crippen LogP contribution in [0, 0.1) is 13.8 Å². The molecule has 0 atom stereocenters. The van der Waals surface area contributed by atoms with Gasteiger partial charge in [-0.05, 0) is 50.5 Å². The number of phenolic OH excluding ortho intramolecular Hbond substituents is 1. The number of nitrogens with zero attached hydrogens (tertiary/aromatic N) is 4. The van der Waals surface area contributed by atoms with Crippen molar-refractivity contribution in [1.82, 2.24) is 15.0 Å². The van der Waals surface area contributed by atoms with Crippen LogP contribution in [0.2, 0.25) is 0 Å². The number of rotatable bonds is 2. The van der Waals surface area contributed by atoms with Crippen LogP contribution in [0.3, 0.4) is 0 Å². The summed E-state index contributed by atoms with van der Waals surface area (Å²) in [4.78, 5) is 17.9. The summed E-state index contributed by atoms with van der Waals surface area (Å²) in [6.45, 7) is 6.15. The van der Waals surface area contributed by atoms with Gasteiger partial charge >= 0.3 is 0 Å². The minimum atomic E-state index is 0.203. The van der Waals surface area contributed by atoms with E-state index in [2.05, 4.69) is 17.9 Å². The number of aryl methyl sites for hydroxylation is 2. The number of hydrogen-bond donors (Lipinski definition) is 1. The minimum absolute atomic E-state index is 0.203. The van der Waals surface area contributed by atoms with Gasteiger partial charge in [-0.3, -0.25) is 0 Å². The molecule has 3 aromatic heterocycles. The summed E-state index contributed by atoms with van der Waals surface area (Å²) >= 11 is 1.67. The molecule has 1 saturated heterocycles. The van der Waals surface area contributed by atoms with Gasteiger partial charge in [-0.25, -0.2) is 15.0 Å². The monoisotopic (exact) mass is 376 g/mol. The highest BCUT2D eigenvalue weighted by Crippen LogP contribution is 2.41. The Morgan fingerprint density at radius 3 is 2.59 bits per heavy atom. The number of para-hydroxylation sites is 1. The summed E-state index contributed by atoms with van der Waals surface area (Å²) in [7, 11) is 0. The Kier molecular flexibility index (Phi) is 3.75. The molecular weight excluding hydrogens is 356 g/mol. The molecule has 6 heteroatoms. The summed E-state index contributed by atoms with van der Waals surface area (Å²) in [5.74, 6) is 1.74. The predicted octanol–water partition coefficient (Wildman–Crippen LogP) is 4.83. The largest absolute Gasteiger partial charge is 0.507 e. The van der Waals surface area contributed by atoms with Crippen molar-refractivity contribution in [1.29, 1.82) is 0 Å². The first-order valence-corrected chi connectivity index (χ1v) is 10.1. The van der Waals surface area contributed by atoms with E-state index in [9.17, 15) is 5.11 Å². The standard InChI is InChI=1S/C21H20N4OS/c1-12-11-13(2)22-21-16(12)17-18(27-21)20(25-9-5-6-10-25)24-19(23-17)14-7-3-4-8-15(14)26/h3-4,7-8,11,26H,5-6,9-10H2,1-2H3. The Labute approximate surface area is 161 Å². The van der Waals surface area contributed by atoms with Gasteiger partial charge in [-0.15, -0.1) is 11.3 Å². The number of fused-ring (bicyclic) bond motifs is 3. The molecule has 0 unspecified atom stereocenters. The highest BCUT2D eigenvalue weighted by atomic mass is 32.1. The molecule has 1 aliphatic rings. The molecule has 0 bridgehead atoms. The lowest BCUT2D eigenvalue weighted by Crippen LogP contribution is -2.19. The summed E-state index contributed by atoms with van der Waals surface area (Å²) in [5, 5.41) is 11.4. The first-order valence-electron chi connectivity index (χ1n) is 9.23. The van der Waals surface area contributed by atoms with Crippen LogP contribution in [0.25, 0.3) is 31.8 Å². The molecule has 0 amide bonds. The van der Waals surface area contributed by atoms with E-state index in [-0.39, 0.29) is 5.75 Å². The fraction of sp³-hybridized carbons (Fsp3) is 0.286. The van der Waals surface area contributed by atoms with E-state index in [1.54, 1.807) is 17.4 Å². The quantitative estimate of drug-likeness (QED) is 0.543. The molecule has 5 rings (SSSR count). The van der Waals surface area contributed by atoms with Crippen molar-refractivity contribution >= 4 is 37.6 Å². The summed E-state index contributed by atoms with van der Waals surface area (Å²) in [6.07, 6.45) is 2.36. The van der Waals surface area contributed by atoms with Crippen LogP contribution in [0.15, 0.2) is 30.3 Å². The molecule has 1 aromatic carbocycles. The predicted molar refractivity (Wildman–Crippen MR) is 111 cm³/mol. The molecule has 4 heterocycles. The van der Waals surface area contributed by atoms with Crippen LogP contribution in [0.5, 0.6) is 5.75 Å². The normalized spacial score (nSPS) is 14.5. The van der Waals surface area contributed by atoms with Crippen molar-refractivity contribution in [3.8, 4) is 17.1 Å². The van der Waals surface area contributed by atoms with Crippen molar-refractivity contribution in [3.63, 3.8) is 0 Å². The van der Waals surface area contributed by atoms with Gasteiger partial charge in [-0.1, -0.05) is 12.1 Å². The van der Waals surface area contributed by atoms with E-state index in [4.69, 9.17) is 15.0 Å². The van der Waals surface area contributed by atoms with Crippen LogP contribution in [0.1, 0.15) is 24.1 Å². The number of phenols is 1. The second-order valence-electron chi connectivity index (χ2n) is 7.12. The third kappa shape index (κ3) is 2.63. The van der Waals surface area contributed by atoms with Crippen molar-refractivity contribution in [2.45, 2.75) is 26.7 Å². The Morgan fingerprint density at radius 1 is 1.04 bits per heavy atom. The van der Waals surface area contributed by atoms with E-state index in [1.165, 1.54) is 18.4 Å². The Bertz CT molecular complexity index is 1180. The molecule has 0 radical (unpaired) electrons. The molecule has 0 spiro atoms. The number of hydrogen-bond acceptors (Lipinski definition) is 6. The van der Waals surface area contributed by atoms with Gasteiger partial charge in [0.25, 0.3) is 0 Å². The van der Waals surface area contributed by atoms with Gasteiger partial charge in [0.1, 0.15) is 10.6 Å². The molecule has 27 heavy (non-hydrogen) atoms. The Morgan fingerprint density at radius 2 is 1.81 bits per heavy atom. The third-order valence-electron chi connectivity index (χ3n) is 5.15. The van der Waals surface area contributed by atoms with Crippen molar-refractivity contribution in [3.05, 3.63) is 41.6 Å². The van der Waals surface area contributed by atoms with Crippen LogP contribution in [0.4, 0.5) is 5.82 Å². The van der Waals surface area contributed by atoms with E-state index in [0.717, 1.165) is 45.0 Å². The number of aromatic nitrogens is 3. The van der Waals surface area contributed by atoms with Gasteiger partial charge < -0.3 is 10.0 Å². The van der Waals surface area contributed by atoms with Gasteiger partial charge in [0.05, 0.1) is 15.8 Å². The molecule has 5 nitrogen and oxygen atoms in total. The molecule has 0 aliphatic carbocycles. The average Bonchev–Trinajstić information content (AvgIpc) is 3.28. The fourth-order valence-electron chi connectivity index (χ4n) is 3.89. The van der Waals surface area contributed by atoms with Crippen molar-refractivity contribution < 1.29 is 5.11 Å². The van der Waals surface area contributed by atoms with Gasteiger partial charge in [0, 0.05) is 24.2 Å². The highest BCUT2D eigenvalue weighted by molar-refractivity contribution is 7.26. The SMILES string of the molecule is Cc1cc(C)c2c(n1)sc1c(N3CCCC3)nc(-c3ccccc3O)nc12. The van der Waals surface area contributed by atoms with Gasteiger partial charge in [-0.2, -0.15) is 0 Å². The maximum atomic E-state index is 10.3. The Balaban J connectivity index is 1.87. The van der Waals surface area contributed by atoms with Gasteiger partial charge in [0.2, 0.25) is 0 Å². The van der Waals surface area contributed by atoms with E-state index < -0.39 is 0 Å². The number of anilines is 1. The molecular formula is C21H20N4OS. The first kappa shape index (κ1) is 16.4. The van der Waals surface area contributed by atoms with Crippen molar-refractivity contribution in [2.75, 3.05) is 18.0 Å². The number of benzene rings is 1. The molecule has 1 fully saturated rings. The molecule has 0 saturated carbocycles. The molecule has 4 aromatic rings. The average molecular weight is 376 g/mol. The first-order chi connectivity index (χ1) is 13.1. The zero-order chi connectivity index (χ0) is 18.5. The highest BCUT2D eigenvalue weighted by Gasteiger charge is 2.23. The van der Waals surface area contributed by atoms with E-state index in [1.807, 2.05) is 25.1 Å². The molecule has 1 aliphatic heterocycles. The second-order valence-corrected chi connectivity index (χ2v) is 8.12. The zero-order valence-electron chi connectivity index (χ0n) is 15.4. The summed E-state index contributed by atoms with van der Waals surface area (Å²) in [6, 6.07) is 9.37. The van der Waals surface area contributed by atoms with Gasteiger partial charge in [0.15, 0.2) is 11.6 Å². The smallest absolute Gasteiger partial charge is 0.165 e. The number of pyridine rings is 1. The second kappa shape index (κ2) is 6.16.